The highest BCUT2D eigenvalue weighted by Crippen LogP contribution is 2.47. The Morgan fingerprint density at radius 3 is 2.82 bits per heavy atom. The highest BCUT2D eigenvalue weighted by molar-refractivity contribution is 6.01. The number of methoxy groups -OCH3 is 1. The Labute approximate surface area is 161 Å². The molecule has 5 rings (SSSR count). The van der Waals surface area contributed by atoms with Gasteiger partial charge in [-0.3, -0.25) is 4.79 Å². The fourth-order valence-corrected chi connectivity index (χ4v) is 4.24. The average Bonchev–Trinajstić information content (AvgIpc) is 3.30. The van der Waals surface area contributed by atoms with E-state index in [4.69, 9.17) is 4.74 Å². The summed E-state index contributed by atoms with van der Waals surface area (Å²) >= 11 is 0. The predicted molar refractivity (Wildman–Crippen MR) is 105 cm³/mol. The van der Waals surface area contributed by atoms with E-state index < -0.39 is 5.82 Å². The van der Waals surface area contributed by atoms with Crippen LogP contribution in [0.5, 0.6) is 5.75 Å². The van der Waals surface area contributed by atoms with Crippen LogP contribution in [0.1, 0.15) is 11.6 Å². The Balaban J connectivity index is 1.66. The van der Waals surface area contributed by atoms with Gasteiger partial charge in [0.25, 0.3) is 0 Å². The van der Waals surface area contributed by atoms with Crippen LogP contribution >= 0.6 is 0 Å². The van der Waals surface area contributed by atoms with Crippen LogP contribution in [0.25, 0.3) is 11.0 Å². The summed E-state index contributed by atoms with van der Waals surface area (Å²) in [7, 11) is 1.44. The summed E-state index contributed by atoms with van der Waals surface area (Å²) in [6.45, 7) is 0. The third-order valence-corrected chi connectivity index (χ3v) is 5.54. The summed E-state index contributed by atoms with van der Waals surface area (Å²) in [6.07, 6.45) is 9.43. The number of imidazole rings is 1. The molecule has 1 N–H and O–H groups in total. The molecular weight excluding hydrogens is 357 g/mol. The largest absolute Gasteiger partial charge is 0.494 e. The molecule has 5 nitrogen and oxygen atoms in total. The fourth-order valence-electron chi connectivity index (χ4n) is 4.24. The fraction of sp³-hybridized carbons (Fsp3) is 0.182. The maximum absolute atomic E-state index is 14.4. The average molecular weight is 375 g/mol. The number of H-pyrrole nitrogens is 1. The molecule has 1 aromatic heterocycles. The summed E-state index contributed by atoms with van der Waals surface area (Å²) in [4.78, 5) is 22.4. The summed E-state index contributed by atoms with van der Waals surface area (Å²) in [5.41, 5.74) is 3.19. The van der Waals surface area contributed by atoms with Gasteiger partial charge < -0.3 is 14.6 Å². The van der Waals surface area contributed by atoms with Crippen molar-refractivity contribution >= 4 is 22.6 Å². The number of hydrogen-bond acceptors (Lipinski definition) is 3. The number of allylic oxidation sites excluding steroid dienone is 2. The smallest absolute Gasteiger partial charge is 0.235 e. The molecule has 1 saturated heterocycles. The Morgan fingerprint density at radius 2 is 2.00 bits per heavy atom. The Hall–Kier alpha value is -3.41. The van der Waals surface area contributed by atoms with E-state index in [1.807, 2.05) is 48.6 Å². The van der Waals surface area contributed by atoms with E-state index in [0.29, 0.717) is 0 Å². The number of amides is 1. The first-order valence-electron chi connectivity index (χ1n) is 9.12. The van der Waals surface area contributed by atoms with Gasteiger partial charge in [-0.05, 0) is 35.9 Å². The van der Waals surface area contributed by atoms with Crippen LogP contribution in [0.3, 0.4) is 0 Å². The first-order valence-corrected chi connectivity index (χ1v) is 9.12. The predicted octanol–water partition coefficient (Wildman–Crippen LogP) is 4.16. The Morgan fingerprint density at radius 1 is 1.14 bits per heavy atom. The number of halogens is 1. The highest BCUT2D eigenvalue weighted by atomic mass is 19.1. The van der Waals surface area contributed by atoms with Gasteiger partial charge >= 0.3 is 0 Å². The number of ether oxygens (including phenoxy) is 1. The van der Waals surface area contributed by atoms with Crippen molar-refractivity contribution in [2.45, 2.75) is 6.04 Å². The number of nitrogens with zero attached hydrogens (tertiary/aromatic N) is 2. The molecule has 0 saturated carbocycles. The number of aromatic amines is 1. The zero-order valence-corrected chi connectivity index (χ0v) is 15.2. The lowest BCUT2D eigenvalue weighted by molar-refractivity contribution is -0.119. The second-order valence-electron chi connectivity index (χ2n) is 7.02. The van der Waals surface area contributed by atoms with Gasteiger partial charge in [0, 0.05) is 11.6 Å². The van der Waals surface area contributed by atoms with Crippen molar-refractivity contribution in [1.29, 1.82) is 0 Å². The molecule has 3 aromatic rings. The van der Waals surface area contributed by atoms with E-state index in [0.717, 1.165) is 22.3 Å². The maximum atomic E-state index is 14.4. The number of hydrogen-bond donors (Lipinski definition) is 1. The van der Waals surface area contributed by atoms with Gasteiger partial charge in [0.2, 0.25) is 5.91 Å². The minimum absolute atomic E-state index is 0.00527. The first-order chi connectivity index (χ1) is 13.7. The summed E-state index contributed by atoms with van der Waals surface area (Å²) < 4.78 is 19.5. The maximum Gasteiger partial charge on any atom is 0.235 e. The number of anilines is 1. The summed E-state index contributed by atoms with van der Waals surface area (Å²) in [5, 5.41) is 0. The Kier molecular flexibility index (Phi) is 3.79. The zero-order valence-electron chi connectivity index (χ0n) is 15.2. The molecule has 1 aliphatic heterocycles. The van der Waals surface area contributed by atoms with E-state index in [1.54, 1.807) is 17.3 Å². The van der Waals surface area contributed by atoms with E-state index in [9.17, 15) is 9.18 Å². The van der Waals surface area contributed by atoms with Gasteiger partial charge in [0.1, 0.15) is 0 Å². The van der Waals surface area contributed by atoms with Gasteiger partial charge in [-0.25, -0.2) is 9.37 Å². The second-order valence-corrected chi connectivity index (χ2v) is 7.02. The minimum Gasteiger partial charge on any atom is -0.494 e. The van der Waals surface area contributed by atoms with Gasteiger partial charge in [0.15, 0.2) is 11.6 Å². The third-order valence-electron chi connectivity index (χ3n) is 5.54. The molecule has 3 atom stereocenters. The third kappa shape index (κ3) is 2.45. The molecule has 28 heavy (non-hydrogen) atoms. The number of carbonyl (C=O) groups excluding carboxylic acids is 1. The lowest BCUT2D eigenvalue weighted by Crippen LogP contribution is -2.29. The van der Waals surface area contributed by atoms with E-state index in [1.165, 1.54) is 13.2 Å². The van der Waals surface area contributed by atoms with Crippen LogP contribution in [-0.4, -0.2) is 23.0 Å². The van der Waals surface area contributed by atoms with Crippen molar-refractivity contribution in [1.82, 2.24) is 9.97 Å². The summed E-state index contributed by atoms with van der Waals surface area (Å²) in [5.74, 6) is -0.574. The number of nitrogens with one attached hydrogen (secondary N) is 1. The van der Waals surface area contributed by atoms with Crippen molar-refractivity contribution < 1.29 is 13.9 Å². The molecule has 3 unspecified atom stereocenters. The molecular formula is C22H18FN3O2. The van der Waals surface area contributed by atoms with Gasteiger partial charge in [-0.2, -0.15) is 0 Å². The molecule has 2 aliphatic rings. The number of aromatic nitrogens is 2. The standard InChI is InChI=1S/C22H18FN3O2/c1-28-20-9-6-13(10-17(20)23)21-15-4-2-3-5-16(15)22(27)26(21)14-7-8-18-19(11-14)25-12-24-18/h2-12,15-16,21H,1H3,(H,24,25). The van der Waals surface area contributed by atoms with E-state index >= 15 is 0 Å². The van der Waals surface area contributed by atoms with E-state index in [-0.39, 0.29) is 29.5 Å². The molecule has 1 fully saturated rings. The van der Waals surface area contributed by atoms with Crippen LogP contribution in [-0.2, 0) is 4.79 Å². The molecule has 0 radical (unpaired) electrons. The first kappa shape index (κ1) is 16.7. The quantitative estimate of drug-likeness (QED) is 0.748. The molecule has 2 heterocycles. The molecule has 6 heteroatoms. The van der Waals surface area contributed by atoms with Crippen molar-refractivity contribution in [2.75, 3.05) is 12.0 Å². The molecule has 2 aromatic carbocycles. The van der Waals surface area contributed by atoms with Crippen LogP contribution in [0.4, 0.5) is 10.1 Å². The van der Waals surface area contributed by atoms with Gasteiger partial charge in [-0.1, -0.05) is 30.4 Å². The molecule has 0 spiro atoms. The minimum atomic E-state index is -0.435. The number of fused-ring (bicyclic) bond motifs is 2. The topological polar surface area (TPSA) is 58.2 Å². The molecule has 140 valence electrons. The van der Waals surface area contributed by atoms with Crippen molar-refractivity contribution in [3.8, 4) is 5.75 Å². The SMILES string of the molecule is COc1ccc(C2C3C=CC=CC3C(=O)N2c2ccc3nc[nH]c3c2)cc1F. The lowest BCUT2D eigenvalue weighted by Gasteiger charge is -2.28. The van der Waals surface area contributed by atoms with Crippen molar-refractivity contribution in [3.05, 3.63) is 78.4 Å². The zero-order chi connectivity index (χ0) is 19.3. The normalized spacial score (nSPS) is 23.4. The Bertz CT molecular complexity index is 1130. The highest BCUT2D eigenvalue weighted by Gasteiger charge is 2.47. The number of rotatable bonds is 3. The van der Waals surface area contributed by atoms with Crippen LogP contribution in [0.15, 0.2) is 67.0 Å². The van der Waals surface area contributed by atoms with Gasteiger partial charge in [-0.15, -0.1) is 0 Å². The summed E-state index contributed by atoms with van der Waals surface area (Å²) in [6, 6.07) is 10.3. The molecule has 1 aliphatic carbocycles. The second kappa shape index (κ2) is 6.34. The van der Waals surface area contributed by atoms with Crippen LogP contribution < -0.4 is 9.64 Å². The van der Waals surface area contributed by atoms with Crippen LogP contribution in [0.2, 0.25) is 0 Å². The number of benzene rings is 2. The number of carbonyl (C=O) groups is 1. The van der Waals surface area contributed by atoms with Crippen LogP contribution in [0, 0.1) is 17.7 Å². The molecule has 1 amide bonds. The van der Waals surface area contributed by atoms with Gasteiger partial charge in [0.05, 0.1) is 36.4 Å². The monoisotopic (exact) mass is 375 g/mol. The lowest BCUT2D eigenvalue weighted by atomic mass is 9.84. The molecule has 0 bridgehead atoms. The van der Waals surface area contributed by atoms with Crippen molar-refractivity contribution in [2.24, 2.45) is 11.8 Å². The van der Waals surface area contributed by atoms with Crippen molar-refractivity contribution in [3.63, 3.8) is 0 Å². The van der Waals surface area contributed by atoms with E-state index in [2.05, 4.69) is 9.97 Å².